The average Bonchev–Trinajstić information content (AvgIpc) is 3.07. The van der Waals surface area contributed by atoms with Crippen molar-refractivity contribution in [2.24, 2.45) is 5.92 Å². The molecule has 2 rings (SSSR count). The third-order valence-electron chi connectivity index (χ3n) is 2.96. The van der Waals surface area contributed by atoms with Crippen LogP contribution in [0.5, 0.6) is 0 Å². The molecule has 0 bridgehead atoms. The monoisotopic (exact) mass is 315 g/mol. The van der Waals surface area contributed by atoms with Gasteiger partial charge in [0, 0.05) is 18.7 Å². The highest BCUT2D eigenvalue weighted by Crippen LogP contribution is 2.29. The van der Waals surface area contributed by atoms with Gasteiger partial charge in [0.25, 0.3) is 5.91 Å². The second-order valence-electron chi connectivity index (χ2n) is 4.57. The maximum atomic E-state index is 12.2. The fraction of sp³-hybridized carbons (Fsp3) is 0.500. The zero-order valence-corrected chi connectivity index (χ0v) is 11.5. The van der Waals surface area contributed by atoms with Gasteiger partial charge in [0.2, 0.25) is 0 Å². The molecule has 1 aromatic rings. The quantitative estimate of drug-likeness (QED) is 0.905. The molecule has 1 aromatic heterocycles. The Bertz CT molecular complexity index is 466. The SMILES string of the molecule is CC(CN(C(=O)c1coc(Br)c1)C1CC1)C(=O)O. The Labute approximate surface area is 113 Å². The van der Waals surface area contributed by atoms with Gasteiger partial charge in [-0.1, -0.05) is 6.92 Å². The van der Waals surface area contributed by atoms with Gasteiger partial charge in [0.15, 0.2) is 4.67 Å². The van der Waals surface area contributed by atoms with Gasteiger partial charge in [-0.3, -0.25) is 9.59 Å². The van der Waals surface area contributed by atoms with E-state index in [0.717, 1.165) is 12.8 Å². The van der Waals surface area contributed by atoms with Crippen LogP contribution < -0.4 is 0 Å². The van der Waals surface area contributed by atoms with Gasteiger partial charge in [0.1, 0.15) is 6.26 Å². The molecule has 0 aliphatic heterocycles. The minimum atomic E-state index is -0.887. The Morgan fingerprint density at radius 3 is 2.72 bits per heavy atom. The molecule has 0 saturated heterocycles. The lowest BCUT2D eigenvalue weighted by molar-refractivity contribution is -0.141. The lowest BCUT2D eigenvalue weighted by atomic mass is 10.1. The normalized spacial score (nSPS) is 16.3. The molecule has 0 aromatic carbocycles. The van der Waals surface area contributed by atoms with E-state index in [1.54, 1.807) is 17.9 Å². The van der Waals surface area contributed by atoms with Crippen molar-refractivity contribution in [3.63, 3.8) is 0 Å². The van der Waals surface area contributed by atoms with Crippen LogP contribution in [0.25, 0.3) is 0 Å². The first kappa shape index (κ1) is 13.1. The Morgan fingerprint density at radius 2 is 2.28 bits per heavy atom. The highest BCUT2D eigenvalue weighted by molar-refractivity contribution is 9.10. The van der Waals surface area contributed by atoms with E-state index >= 15 is 0 Å². The van der Waals surface area contributed by atoms with Gasteiger partial charge >= 0.3 is 5.97 Å². The fourth-order valence-corrected chi connectivity index (χ4v) is 2.09. The zero-order chi connectivity index (χ0) is 13.3. The fourth-order valence-electron chi connectivity index (χ4n) is 1.75. The van der Waals surface area contributed by atoms with E-state index in [1.165, 1.54) is 6.26 Å². The number of hydrogen-bond donors (Lipinski definition) is 1. The maximum Gasteiger partial charge on any atom is 0.308 e. The van der Waals surface area contributed by atoms with E-state index < -0.39 is 11.9 Å². The number of rotatable bonds is 5. The summed E-state index contributed by atoms with van der Waals surface area (Å²) in [7, 11) is 0. The summed E-state index contributed by atoms with van der Waals surface area (Å²) in [5, 5.41) is 8.93. The van der Waals surface area contributed by atoms with Gasteiger partial charge in [-0.15, -0.1) is 0 Å². The molecule has 0 spiro atoms. The first-order valence-corrected chi connectivity index (χ1v) is 6.56. The molecule has 1 aliphatic carbocycles. The van der Waals surface area contributed by atoms with Gasteiger partial charge in [0.05, 0.1) is 11.5 Å². The van der Waals surface area contributed by atoms with Gasteiger partial charge < -0.3 is 14.4 Å². The first-order valence-electron chi connectivity index (χ1n) is 5.77. The molecule has 6 heteroatoms. The number of furan rings is 1. The second-order valence-corrected chi connectivity index (χ2v) is 5.35. The van der Waals surface area contributed by atoms with Crippen LogP contribution in [0.15, 0.2) is 21.4 Å². The molecule has 1 saturated carbocycles. The number of carboxylic acids is 1. The van der Waals surface area contributed by atoms with E-state index in [4.69, 9.17) is 9.52 Å². The number of carboxylic acid groups (broad SMARTS) is 1. The minimum Gasteiger partial charge on any atom is -0.481 e. The smallest absolute Gasteiger partial charge is 0.308 e. The van der Waals surface area contributed by atoms with Crippen LogP contribution in [-0.4, -0.2) is 34.5 Å². The standard InChI is InChI=1S/C12H14BrNO4/c1-7(12(16)17)5-14(9-2-3-9)11(15)8-4-10(13)18-6-8/h4,6-7,9H,2-3,5H2,1H3,(H,16,17). The minimum absolute atomic E-state index is 0.167. The summed E-state index contributed by atoms with van der Waals surface area (Å²) < 4.78 is 5.53. The molecule has 1 fully saturated rings. The topological polar surface area (TPSA) is 70.8 Å². The highest BCUT2D eigenvalue weighted by Gasteiger charge is 2.35. The molecule has 1 atom stereocenters. The summed E-state index contributed by atoms with van der Waals surface area (Å²) in [6.45, 7) is 1.85. The number of carbonyl (C=O) groups excluding carboxylic acids is 1. The number of halogens is 1. The van der Waals surface area contributed by atoms with Crippen LogP contribution in [0.4, 0.5) is 0 Å². The van der Waals surface area contributed by atoms with Crippen LogP contribution in [0, 0.1) is 5.92 Å². The average molecular weight is 316 g/mol. The molecule has 18 heavy (non-hydrogen) atoms. The molecule has 98 valence electrons. The van der Waals surface area contributed by atoms with Crippen molar-refractivity contribution in [1.29, 1.82) is 0 Å². The Morgan fingerprint density at radius 1 is 1.61 bits per heavy atom. The van der Waals surface area contributed by atoms with Crippen LogP contribution >= 0.6 is 15.9 Å². The summed E-state index contributed by atoms with van der Waals surface area (Å²) in [5.41, 5.74) is 0.450. The molecule has 5 nitrogen and oxygen atoms in total. The van der Waals surface area contributed by atoms with E-state index in [0.29, 0.717) is 10.2 Å². The van der Waals surface area contributed by atoms with Gasteiger partial charge in [-0.05, 0) is 28.8 Å². The number of hydrogen-bond acceptors (Lipinski definition) is 3. The highest BCUT2D eigenvalue weighted by atomic mass is 79.9. The Kier molecular flexibility index (Phi) is 3.75. The van der Waals surface area contributed by atoms with Crippen molar-refractivity contribution in [2.45, 2.75) is 25.8 Å². The summed E-state index contributed by atoms with van der Waals surface area (Å²) in [6, 6.07) is 1.77. The number of amides is 1. The number of carbonyl (C=O) groups is 2. The number of nitrogens with zero attached hydrogens (tertiary/aromatic N) is 1. The van der Waals surface area contributed by atoms with Crippen molar-refractivity contribution in [3.05, 3.63) is 22.6 Å². The summed E-state index contributed by atoms with van der Waals surface area (Å²) in [5.74, 6) is -1.62. The Hall–Kier alpha value is -1.30. The van der Waals surface area contributed by atoms with Crippen LogP contribution in [0.1, 0.15) is 30.1 Å². The third kappa shape index (κ3) is 2.93. The summed E-state index contributed by atoms with van der Waals surface area (Å²) >= 11 is 3.14. The molecular weight excluding hydrogens is 302 g/mol. The van der Waals surface area contributed by atoms with Crippen LogP contribution in [-0.2, 0) is 4.79 Å². The predicted octanol–water partition coefficient (Wildman–Crippen LogP) is 2.37. The lowest BCUT2D eigenvalue weighted by Crippen LogP contribution is -2.38. The van der Waals surface area contributed by atoms with Crippen molar-refractivity contribution in [1.82, 2.24) is 4.90 Å². The van der Waals surface area contributed by atoms with Crippen LogP contribution in [0.3, 0.4) is 0 Å². The molecular formula is C12H14BrNO4. The van der Waals surface area contributed by atoms with Crippen LogP contribution in [0.2, 0.25) is 0 Å². The van der Waals surface area contributed by atoms with Crippen molar-refractivity contribution >= 4 is 27.8 Å². The number of aliphatic carboxylic acids is 1. The van der Waals surface area contributed by atoms with E-state index in [9.17, 15) is 9.59 Å². The molecule has 1 amide bonds. The van der Waals surface area contributed by atoms with Gasteiger partial charge in [-0.25, -0.2) is 0 Å². The molecule has 1 aliphatic rings. The summed E-state index contributed by atoms with van der Waals surface area (Å²) in [4.78, 5) is 24.8. The van der Waals surface area contributed by atoms with Crippen molar-refractivity contribution in [3.8, 4) is 0 Å². The molecule has 1 unspecified atom stereocenters. The lowest BCUT2D eigenvalue weighted by Gasteiger charge is -2.23. The van der Waals surface area contributed by atoms with Crippen molar-refractivity contribution in [2.75, 3.05) is 6.54 Å². The largest absolute Gasteiger partial charge is 0.481 e. The zero-order valence-electron chi connectivity index (χ0n) is 9.93. The predicted molar refractivity (Wildman–Crippen MR) is 67.3 cm³/mol. The first-order chi connectivity index (χ1) is 8.49. The van der Waals surface area contributed by atoms with Gasteiger partial charge in [-0.2, -0.15) is 0 Å². The van der Waals surface area contributed by atoms with E-state index in [2.05, 4.69) is 15.9 Å². The molecule has 0 radical (unpaired) electrons. The maximum absolute atomic E-state index is 12.2. The second kappa shape index (κ2) is 5.14. The molecule has 1 N–H and O–H groups in total. The van der Waals surface area contributed by atoms with Crippen molar-refractivity contribution < 1.29 is 19.1 Å². The van der Waals surface area contributed by atoms with E-state index in [1.807, 2.05) is 0 Å². The van der Waals surface area contributed by atoms with E-state index in [-0.39, 0.29) is 18.5 Å². The molecule has 1 heterocycles. The Balaban J connectivity index is 2.10. The third-order valence-corrected chi connectivity index (χ3v) is 3.37. The summed E-state index contributed by atoms with van der Waals surface area (Å²) in [6.07, 6.45) is 3.27.